The zero-order valence-electron chi connectivity index (χ0n) is 33.2. The number of benzene rings is 10. The lowest BCUT2D eigenvalue weighted by atomic mass is 9.91. The second-order valence-corrected chi connectivity index (χ2v) is 17.0. The predicted molar refractivity (Wildman–Crippen MR) is 260 cm³/mol. The average Bonchev–Trinajstić information content (AvgIpc) is 3.91. The molecule has 13 rings (SSSR count). The fourth-order valence-electron chi connectivity index (χ4n) is 9.28. The molecule has 0 radical (unpaired) electrons. The van der Waals surface area contributed by atoms with Crippen LogP contribution in [0.25, 0.3) is 131 Å². The molecule has 0 N–H and O–H groups in total. The molecule has 4 nitrogen and oxygen atoms in total. The summed E-state index contributed by atoms with van der Waals surface area (Å²) in [4.78, 5) is 15.1. The van der Waals surface area contributed by atoms with Gasteiger partial charge in [-0.1, -0.05) is 152 Å². The Hall–Kier alpha value is -7.99. The third-order valence-electron chi connectivity index (χ3n) is 12.3. The van der Waals surface area contributed by atoms with Crippen molar-refractivity contribution in [3.05, 3.63) is 200 Å². The molecule has 62 heavy (non-hydrogen) atoms. The van der Waals surface area contributed by atoms with Crippen LogP contribution < -0.4 is 0 Å². The number of hydrogen-bond acceptors (Lipinski definition) is 5. The van der Waals surface area contributed by atoms with Crippen LogP contribution >= 0.6 is 11.3 Å². The van der Waals surface area contributed by atoms with E-state index in [4.69, 9.17) is 19.4 Å². The fourth-order valence-corrected chi connectivity index (χ4v) is 10.4. The Morgan fingerprint density at radius 3 is 1.34 bits per heavy atom. The van der Waals surface area contributed by atoms with E-state index in [0.717, 1.165) is 49.8 Å². The molecule has 3 aromatic heterocycles. The summed E-state index contributed by atoms with van der Waals surface area (Å²) in [6, 6.07) is 71.2. The van der Waals surface area contributed by atoms with Crippen molar-refractivity contribution < 1.29 is 4.42 Å². The first-order valence-corrected chi connectivity index (χ1v) is 21.6. The highest BCUT2D eigenvalue weighted by Gasteiger charge is 2.17. The third-order valence-corrected chi connectivity index (χ3v) is 13.4. The molecule has 0 unspecified atom stereocenters. The van der Waals surface area contributed by atoms with E-state index < -0.39 is 0 Å². The summed E-state index contributed by atoms with van der Waals surface area (Å²) in [5, 5.41) is 12.3. The van der Waals surface area contributed by atoms with Crippen molar-refractivity contribution in [1.29, 1.82) is 0 Å². The topological polar surface area (TPSA) is 51.8 Å². The zero-order chi connectivity index (χ0) is 40.7. The molecule has 13 aromatic rings. The maximum atomic E-state index is 6.65. The van der Waals surface area contributed by atoms with Crippen LogP contribution in [0, 0.1) is 0 Å². The molecule has 0 aliphatic rings. The quantitative estimate of drug-likeness (QED) is 0.163. The van der Waals surface area contributed by atoms with Gasteiger partial charge < -0.3 is 4.42 Å². The van der Waals surface area contributed by atoms with Crippen molar-refractivity contribution in [2.24, 2.45) is 0 Å². The van der Waals surface area contributed by atoms with E-state index in [1.165, 1.54) is 63.6 Å². The lowest BCUT2D eigenvalue weighted by molar-refractivity contribution is 0.669. The van der Waals surface area contributed by atoms with E-state index in [1.54, 1.807) is 11.3 Å². The minimum atomic E-state index is 0.597. The van der Waals surface area contributed by atoms with Crippen LogP contribution in [0.15, 0.2) is 205 Å². The van der Waals surface area contributed by atoms with Gasteiger partial charge in [0.25, 0.3) is 0 Å². The van der Waals surface area contributed by atoms with Gasteiger partial charge in [-0.2, -0.15) is 0 Å². The van der Waals surface area contributed by atoms with Gasteiger partial charge in [0.05, 0.1) is 0 Å². The van der Waals surface area contributed by atoms with E-state index in [9.17, 15) is 0 Å². The number of nitrogens with zero attached hydrogens (tertiary/aromatic N) is 3. The zero-order valence-corrected chi connectivity index (χ0v) is 34.0. The molecule has 288 valence electrons. The van der Waals surface area contributed by atoms with Crippen LogP contribution in [0.5, 0.6) is 0 Å². The molecular formula is C57H33N3OS. The summed E-state index contributed by atoms with van der Waals surface area (Å²) >= 11 is 1.79. The van der Waals surface area contributed by atoms with E-state index in [0.29, 0.717) is 17.5 Å². The Bertz CT molecular complexity index is 3910. The Morgan fingerprint density at radius 2 is 0.677 bits per heavy atom. The fraction of sp³-hybridized carbons (Fsp3) is 0. The van der Waals surface area contributed by atoms with Gasteiger partial charge in [0.15, 0.2) is 17.5 Å². The average molecular weight is 808 g/mol. The van der Waals surface area contributed by atoms with Gasteiger partial charge in [0, 0.05) is 47.6 Å². The molecule has 0 spiro atoms. The van der Waals surface area contributed by atoms with E-state index >= 15 is 0 Å². The number of rotatable bonds is 5. The van der Waals surface area contributed by atoms with Crippen molar-refractivity contribution in [2.75, 3.05) is 0 Å². The number of thiophene rings is 1. The summed E-state index contributed by atoms with van der Waals surface area (Å²) in [7, 11) is 0. The molecule has 0 amide bonds. The highest BCUT2D eigenvalue weighted by atomic mass is 32.1. The minimum Gasteiger partial charge on any atom is -0.456 e. The maximum absolute atomic E-state index is 6.65. The molecule has 0 aliphatic heterocycles. The third kappa shape index (κ3) is 5.63. The van der Waals surface area contributed by atoms with Crippen molar-refractivity contribution in [3.8, 4) is 56.4 Å². The summed E-state index contributed by atoms with van der Waals surface area (Å²) in [6.07, 6.45) is 0. The van der Waals surface area contributed by atoms with Crippen LogP contribution in [0.3, 0.4) is 0 Å². The van der Waals surface area contributed by atoms with Gasteiger partial charge in [-0.3, -0.25) is 0 Å². The highest BCUT2D eigenvalue weighted by Crippen LogP contribution is 2.40. The van der Waals surface area contributed by atoms with E-state index in [1.807, 2.05) is 30.3 Å². The molecule has 0 saturated carbocycles. The summed E-state index contributed by atoms with van der Waals surface area (Å²) in [5.41, 5.74) is 8.97. The molecule has 3 heterocycles. The summed E-state index contributed by atoms with van der Waals surface area (Å²) < 4.78 is 9.13. The first kappa shape index (κ1) is 34.8. The minimum absolute atomic E-state index is 0.597. The van der Waals surface area contributed by atoms with Crippen molar-refractivity contribution in [1.82, 2.24) is 15.0 Å². The van der Waals surface area contributed by atoms with Gasteiger partial charge in [0.2, 0.25) is 0 Å². The van der Waals surface area contributed by atoms with Crippen molar-refractivity contribution >= 4 is 85.8 Å². The maximum Gasteiger partial charge on any atom is 0.164 e. The number of aromatic nitrogens is 3. The first-order valence-electron chi connectivity index (χ1n) is 20.8. The Labute approximate surface area is 360 Å². The van der Waals surface area contributed by atoms with Crippen LogP contribution in [-0.4, -0.2) is 15.0 Å². The van der Waals surface area contributed by atoms with Gasteiger partial charge >= 0.3 is 0 Å². The second kappa shape index (κ2) is 13.8. The van der Waals surface area contributed by atoms with Gasteiger partial charge in [0.1, 0.15) is 11.2 Å². The van der Waals surface area contributed by atoms with Gasteiger partial charge in [-0.15, -0.1) is 11.3 Å². The van der Waals surface area contributed by atoms with Crippen LogP contribution in [0.4, 0.5) is 0 Å². The lowest BCUT2D eigenvalue weighted by Gasteiger charge is -2.12. The molecule has 0 aliphatic carbocycles. The van der Waals surface area contributed by atoms with Gasteiger partial charge in [-0.05, 0) is 103 Å². The van der Waals surface area contributed by atoms with Crippen LogP contribution in [-0.2, 0) is 0 Å². The van der Waals surface area contributed by atoms with E-state index in [2.05, 4.69) is 170 Å². The first-order chi connectivity index (χ1) is 30.7. The predicted octanol–water partition coefficient (Wildman–Crippen LogP) is 15.9. The second-order valence-electron chi connectivity index (χ2n) is 15.9. The highest BCUT2D eigenvalue weighted by molar-refractivity contribution is 7.25. The number of hydrogen-bond donors (Lipinski definition) is 0. The largest absolute Gasteiger partial charge is 0.456 e. The van der Waals surface area contributed by atoms with Crippen LogP contribution in [0.2, 0.25) is 0 Å². The Balaban J connectivity index is 0.879. The summed E-state index contributed by atoms with van der Waals surface area (Å²) in [6.45, 7) is 0. The Kier molecular flexibility index (Phi) is 7.74. The smallest absolute Gasteiger partial charge is 0.164 e. The molecular weight excluding hydrogens is 775 g/mol. The van der Waals surface area contributed by atoms with E-state index in [-0.39, 0.29) is 0 Å². The van der Waals surface area contributed by atoms with Crippen LogP contribution in [0.1, 0.15) is 0 Å². The monoisotopic (exact) mass is 807 g/mol. The molecule has 5 heteroatoms. The molecule has 0 bridgehead atoms. The summed E-state index contributed by atoms with van der Waals surface area (Å²) in [5.74, 6) is 1.86. The molecule has 0 atom stereocenters. The standard InChI is InChI=1S/C57H33N3OS/c1-2-11-34(12-3-1)55-58-56(60-57(59-55)40-24-28-49-48-19-8-9-20-53(48)62-54(49)33-40)39-23-27-47-46-26-22-38(31-51(46)61-52(47)32-39)36-14-10-13-35(29-36)37-21-25-45-43-17-5-4-15-41(43)42-16-6-7-18-44(42)50(45)30-37/h1-33H. The van der Waals surface area contributed by atoms with Crippen molar-refractivity contribution in [2.45, 2.75) is 0 Å². The normalized spacial score (nSPS) is 11.9. The molecule has 0 saturated heterocycles. The van der Waals surface area contributed by atoms with Crippen molar-refractivity contribution in [3.63, 3.8) is 0 Å². The molecule has 10 aromatic carbocycles. The Morgan fingerprint density at radius 1 is 0.258 bits per heavy atom. The van der Waals surface area contributed by atoms with Gasteiger partial charge in [-0.25, -0.2) is 15.0 Å². The molecule has 0 fully saturated rings. The number of furan rings is 1. The SMILES string of the molecule is c1ccc(-c2nc(-c3ccc4c(c3)oc3cc(-c5cccc(-c6ccc7c8ccccc8c8ccccc8c7c6)c5)ccc34)nc(-c3ccc4c(c3)sc3ccccc34)n2)cc1. The number of fused-ring (bicyclic) bond motifs is 12. The lowest BCUT2D eigenvalue weighted by Crippen LogP contribution is -2.00.